The van der Waals surface area contributed by atoms with Crippen LogP contribution in [-0.4, -0.2) is 35.5 Å². The number of hydrogen-bond donors (Lipinski definition) is 2. The van der Waals surface area contributed by atoms with Crippen LogP contribution in [0.25, 0.3) is 0 Å². The molecule has 0 bridgehead atoms. The number of hydrogen-bond acceptors (Lipinski definition) is 6. The van der Waals surface area contributed by atoms with Gasteiger partial charge < -0.3 is 10.1 Å². The summed E-state index contributed by atoms with van der Waals surface area (Å²) in [5.74, 6) is -1.39. The number of aromatic nitrogens is 1. The molecule has 136 valence electrons. The lowest BCUT2D eigenvalue weighted by Crippen LogP contribution is -2.44. The van der Waals surface area contributed by atoms with Gasteiger partial charge in [-0.25, -0.2) is 14.6 Å². The van der Waals surface area contributed by atoms with Crippen LogP contribution in [0.15, 0.2) is 58.6 Å². The summed E-state index contributed by atoms with van der Waals surface area (Å²) in [5, 5.41) is 5.06. The Morgan fingerprint density at radius 1 is 1.12 bits per heavy atom. The van der Waals surface area contributed by atoms with Crippen molar-refractivity contribution in [1.82, 2.24) is 15.6 Å². The van der Waals surface area contributed by atoms with Gasteiger partial charge in [-0.15, -0.1) is 0 Å². The first-order valence-electron chi connectivity index (χ1n) is 7.91. The fraction of sp³-hybridized carbons (Fsp3) is 0.222. The highest BCUT2D eigenvalue weighted by molar-refractivity contribution is 7.99. The maximum atomic E-state index is 12.3. The van der Waals surface area contributed by atoms with Crippen molar-refractivity contribution in [3.05, 3.63) is 54.2 Å². The maximum absolute atomic E-state index is 12.3. The Balaban J connectivity index is 1.95. The summed E-state index contributed by atoms with van der Waals surface area (Å²) in [6.07, 6.45) is 1.57. The summed E-state index contributed by atoms with van der Waals surface area (Å²) < 4.78 is 4.99. The molecule has 0 aliphatic rings. The Bertz CT molecular complexity index is 781. The smallest absolute Gasteiger partial charge is 0.341 e. The summed E-state index contributed by atoms with van der Waals surface area (Å²) in [6.45, 7) is 2.96. The van der Waals surface area contributed by atoms with Gasteiger partial charge >= 0.3 is 12.0 Å². The molecule has 8 heteroatoms. The van der Waals surface area contributed by atoms with Gasteiger partial charge in [0.2, 0.25) is 0 Å². The Morgan fingerprint density at radius 3 is 2.54 bits per heavy atom. The van der Waals surface area contributed by atoms with E-state index >= 15 is 0 Å². The van der Waals surface area contributed by atoms with Crippen molar-refractivity contribution in [2.45, 2.75) is 29.8 Å². The van der Waals surface area contributed by atoms with Crippen LogP contribution in [0.2, 0.25) is 0 Å². The fourth-order valence-electron chi connectivity index (χ4n) is 1.90. The van der Waals surface area contributed by atoms with Crippen LogP contribution in [0.3, 0.4) is 0 Å². The zero-order valence-electron chi connectivity index (χ0n) is 14.4. The molecule has 0 spiro atoms. The number of nitrogens with one attached hydrogen (secondary N) is 2. The van der Waals surface area contributed by atoms with E-state index < -0.39 is 24.5 Å². The Labute approximate surface area is 155 Å². The highest BCUT2D eigenvalue weighted by atomic mass is 32.2. The fourth-order valence-corrected chi connectivity index (χ4v) is 2.79. The normalized spacial score (nSPS) is 10.3. The minimum Gasteiger partial charge on any atom is -0.452 e. The number of urea groups is 1. The van der Waals surface area contributed by atoms with Gasteiger partial charge in [-0.1, -0.05) is 30.0 Å². The van der Waals surface area contributed by atoms with E-state index in [4.69, 9.17) is 4.74 Å². The molecule has 2 rings (SSSR count). The summed E-state index contributed by atoms with van der Waals surface area (Å²) in [6, 6.07) is 11.9. The van der Waals surface area contributed by atoms with Crippen molar-refractivity contribution in [3.8, 4) is 0 Å². The van der Waals surface area contributed by atoms with Crippen LogP contribution < -0.4 is 10.6 Å². The molecular weight excluding hydrogens is 354 g/mol. The topological polar surface area (TPSA) is 97.4 Å². The molecule has 26 heavy (non-hydrogen) atoms. The molecule has 0 aliphatic carbocycles. The first kappa shape index (κ1) is 19.5. The monoisotopic (exact) mass is 373 g/mol. The number of carbonyl (C=O) groups excluding carboxylic acids is 3. The van der Waals surface area contributed by atoms with Crippen molar-refractivity contribution in [2.75, 3.05) is 6.61 Å². The van der Waals surface area contributed by atoms with E-state index in [9.17, 15) is 14.4 Å². The van der Waals surface area contributed by atoms with E-state index in [-0.39, 0.29) is 11.6 Å². The lowest BCUT2D eigenvalue weighted by Gasteiger charge is -2.10. The molecule has 0 saturated carbocycles. The maximum Gasteiger partial charge on any atom is 0.341 e. The van der Waals surface area contributed by atoms with Gasteiger partial charge in [0, 0.05) is 17.1 Å². The quantitative estimate of drug-likeness (QED) is 0.756. The van der Waals surface area contributed by atoms with Crippen LogP contribution >= 0.6 is 11.8 Å². The summed E-state index contributed by atoms with van der Waals surface area (Å²) in [7, 11) is 0. The third-order valence-electron chi connectivity index (χ3n) is 2.96. The average Bonchev–Trinajstić information content (AvgIpc) is 2.60. The van der Waals surface area contributed by atoms with Crippen molar-refractivity contribution in [1.29, 1.82) is 0 Å². The van der Waals surface area contributed by atoms with Crippen molar-refractivity contribution in [2.24, 2.45) is 0 Å². The Kier molecular flexibility index (Phi) is 7.16. The molecule has 3 amide bonds. The number of nitrogens with zero attached hydrogens (tertiary/aromatic N) is 1. The van der Waals surface area contributed by atoms with Gasteiger partial charge in [-0.2, -0.15) is 0 Å². The lowest BCUT2D eigenvalue weighted by atomic mass is 10.3. The van der Waals surface area contributed by atoms with Gasteiger partial charge in [-0.05, 0) is 38.1 Å². The predicted molar refractivity (Wildman–Crippen MR) is 96.9 cm³/mol. The van der Waals surface area contributed by atoms with Crippen molar-refractivity contribution in [3.63, 3.8) is 0 Å². The number of pyridine rings is 1. The van der Waals surface area contributed by atoms with E-state index in [2.05, 4.69) is 15.6 Å². The number of imide groups is 1. The number of carbonyl (C=O) groups is 3. The number of esters is 1. The van der Waals surface area contributed by atoms with E-state index in [1.807, 2.05) is 30.3 Å². The lowest BCUT2D eigenvalue weighted by molar-refractivity contribution is -0.123. The van der Waals surface area contributed by atoms with Crippen molar-refractivity contribution < 1.29 is 19.1 Å². The van der Waals surface area contributed by atoms with Gasteiger partial charge in [0.1, 0.15) is 5.03 Å². The Hall–Kier alpha value is -2.87. The zero-order chi connectivity index (χ0) is 18.9. The van der Waals surface area contributed by atoms with Gasteiger partial charge in [-0.3, -0.25) is 10.1 Å². The van der Waals surface area contributed by atoms with Crippen LogP contribution in [0.4, 0.5) is 4.79 Å². The summed E-state index contributed by atoms with van der Waals surface area (Å²) in [4.78, 5) is 40.5. The predicted octanol–water partition coefficient (Wildman–Crippen LogP) is 2.62. The molecule has 0 unspecified atom stereocenters. The SMILES string of the molecule is CC(C)NC(=O)NC(=O)COC(=O)c1cccnc1Sc1ccccc1. The molecule has 0 saturated heterocycles. The minimum atomic E-state index is -0.711. The molecule has 7 nitrogen and oxygen atoms in total. The summed E-state index contributed by atoms with van der Waals surface area (Å²) in [5.41, 5.74) is 0.251. The van der Waals surface area contributed by atoms with Crippen LogP contribution in [0, 0.1) is 0 Å². The van der Waals surface area contributed by atoms with Crippen LogP contribution in [-0.2, 0) is 9.53 Å². The van der Waals surface area contributed by atoms with Gasteiger partial charge in [0.15, 0.2) is 6.61 Å². The second kappa shape index (κ2) is 9.57. The third kappa shape index (κ3) is 6.21. The second-order valence-corrected chi connectivity index (χ2v) is 6.59. The van der Waals surface area contributed by atoms with E-state index in [1.165, 1.54) is 11.8 Å². The molecule has 0 atom stereocenters. The molecule has 0 aliphatic heterocycles. The highest BCUT2D eigenvalue weighted by Gasteiger charge is 2.17. The molecule has 2 N–H and O–H groups in total. The van der Waals surface area contributed by atoms with Crippen LogP contribution in [0.5, 0.6) is 0 Å². The summed E-state index contributed by atoms with van der Waals surface area (Å²) >= 11 is 1.32. The molecule has 1 aromatic heterocycles. The third-order valence-corrected chi connectivity index (χ3v) is 3.98. The molecule has 0 fully saturated rings. The second-order valence-electron chi connectivity index (χ2n) is 5.52. The standard InChI is InChI=1S/C18H19N3O4S/c1-12(2)20-18(24)21-15(22)11-25-17(23)14-9-6-10-19-16(14)26-13-7-4-3-5-8-13/h3-10,12H,11H2,1-2H3,(H2,20,21,22,24). The molecular formula is C18H19N3O4S. The largest absolute Gasteiger partial charge is 0.452 e. The molecule has 0 radical (unpaired) electrons. The van der Waals surface area contributed by atoms with Gasteiger partial charge in [0.05, 0.1) is 5.56 Å². The molecule has 1 aromatic carbocycles. The first-order valence-corrected chi connectivity index (χ1v) is 8.72. The van der Waals surface area contributed by atoms with Crippen LogP contribution in [0.1, 0.15) is 24.2 Å². The minimum absolute atomic E-state index is 0.113. The number of amides is 3. The number of rotatable bonds is 6. The van der Waals surface area contributed by atoms with Crippen molar-refractivity contribution >= 4 is 29.7 Å². The average molecular weight is 373 g/mol. The Morgan fingerprint density at radius 2 is 1.85 bits per heavy atom. The van der Waals surface area contributed by atoms with E-state index in [0.29, 0.717) is 5.03 Å². The highest BCUT2D eigenvalue weighted by Crippen LogP contribution is 2.28. The van der Waals surface area contributed by atoms with E-state index in [1.54, 1.807) is 32.2 Å². The zero-order valence-corrected chi connectivity index (χ0v) is 15.2. The first-order chi connectivity index (χ1) is 12.5. The molecule has 1 heterocycles. The number of benzene rings is 1. The van der Waals surface area contributed by atoms with Gasteiger partial charge in [0.25, 0.3) is 5.91 Å². The van der Waals surface area contributed by atoms with E-state index in [0.717, 1.165) is 4.90 Å². The number of ether oxygens (including phenoxy) is 1. The molecule has 2 aromatic rings.